The second-order valence-electron chi connectivity index (χ2n) is 5.63. The molecule has 4 rings (SSSR count). The van der Waals surface area contributed by atoms with Crippen molar-refractivity contribution in [2.24, 2.45) is 0 Å². The van der Waals surface area contributed by atoms with E-state index in [2.05, 4.69) is 20.1 Å². The second-order valence-corrected chi connectivity index (χ2v) is 5.63. The Morgan fingerprint density at radius 2 is 2.17 bits per heavy atom. The van der Waals surface area contributed by atoms with Crippen molar-refractivity contribution in [2.45, 2.75) is 19.4 Å². The van der Waals surface area contributed by atoms with Gasteiger partial charge in [0, 0.05) is 25.5 Å². The highest BCUT2D eigenvalue weighted by atomic mass is 16.4. The minimum atomic E-state index is -0.902. The highest BCUT2D eigenvalue weighted by Gasteiger charge is 2.20. The summed E-state index contributed by atoms with van der Waals surface area (Å²) in [6, 6.07) is 5.36. The van der Waals surface area contributed by atoms with Crippen LogP contribution in [0.3, 0.4) is 0 Å². The van der Waals surface area contributed by atoms with Crippen molar-refractivity contribution in [3.8, 4) is 0 Å². The van der Waals surface area contributed by atoms with Crippen molar-refractivity contribution < 1.29 is 9.90 Å². The molecule has 0 saturated heterocycles. The summed E-state index contributed by atoms with van der Waals surface area (Å²) in [5, 5.41) is 17.3. The van der Waals surface area contributed by atoms with E-state index in [1.807, 2.05) is 16.7 Å². The first-order chi connectivity index (χ1) is 11.2. The van der Waals surface area contributed by atoms with E-state index in [1.54, 1.807) is 24.7 Å². The molecule has 0 aliphatic carbocycles. The Bertz CT molecular complexity index is 889. The molecular weight excluding hydrogens is 294 g/mol. The minimum absolute atomic E-state index is 0.319. The molecule has 2 aromatic heterocycles. The molecule has 0 spiro atoms. The van der Waals surface area contributed by atoms with Gasteiger partial charge in [0.1, 0.15) is 6.33 Å². The summed E-state index contributed by atoms with van der Waals surface area (Å²) >= 11 is 0. The van der Waals surface area contributed by atoms with Crippen LogP contribution in [0.25, 0.3) is 5.65 Å². The van der Waals surface area contributed by atoms with Crippen molar-refractivity contribution >= 4 is 17.4 Å². The zero-order valence-electron chi connectivity index (χ0n) is 12.4. The monoisotopic (exact) mass is 309 g/mol. The van der Waals surface area contributed by atoms with Gasteiger partial charge in [0.2, 0.25) is 5.65 Å². The van der Waals surface area contributed by atoms with E-state index in [-0.39, 0.29) is 0 Å². The Morgan fingerprint density at radius 3 is 3.04 bits per heavy atom. The Labute approximate surface area is 132 Å². The first-order valence-electron chi connectivity index (χ1n) is 7.47. The van der Waals surface area contributed by atoms with Crippen molar-refractivity contribution in [2.75, 3.05) is 11.4 Å². The maximum Gasteiger partial charge on any atom is 0.335 e. The number of hydrogen-bond acceptors (Lipinski definition) is 5. The van der Waals surface area contributed by atoms with E-state index >= 15 is 0 Å². The molecule has 23 heavy (non-hydrogen) atoms. The van der Waals surface area contributed by atoms with Gasteiger partial charge in [-0.1, -0.05) is 6.07 Å². The molecule has 116 valence electrons. The van der Waals surface area contributed by atoms with Gasteiger partial charge in [-0.15, -0.1) is 10.2 Å². The number of carboxylic acids is 1. The molecule has 1 aliphatic rings. The third kappa shape index (κ3) is 2.40. The Kier molecular flexibility index (Phi) is 3.18. The average Bonchev–Trinajstić information content (AvgIpc) is 2.93. The molecule has 1 aliphatic heterocycles. The zero-order chi connectivity index (χ0) is 15.8. The van der Waals surface area contributed by atoms with E-state index < -0.39 is 5.97 Å². The molecule has 0 radical (unpaired) electrons. The predicted molar refractivity (Wildman–Crippen MR) is 83.6 cm³/mol. The smallest absolute Gasteiger partial charge is 0.335 e. The van der Waals surface area contributed by atoms with Crippen molar-refractivity contribution in [1.82, 2.24) is 19.6 Å². The van der Waals surface area contributed by atoms with Crippen LogP contribution in [-0.2, 0) is 13.0 Å². The number of carbonyl (C=O) groups is 1. The van der Waals surface area contributed by atoms with E-state index in [9.17, 15) is 9.90 Å². The highest BCUT2D eigenvalue weighted by Crippen LogP contribution is 2.25. The molecule has 7 heteroatoms. The predicted octanol–water partition coefficient (Wildman–Crippen LogP) is 1.78. The Morgan fingerprint density at radius 1 is 1.26 bits per heavy atom. The molecule has 1 aromatic carbocycles. The van der Waals surface area contributed by atoms with Gasteiger partial charge in [-0.2, -0.15) is 0 Å². The fraction of sp³-hybridized carbons (Fsp3) is 0.250. The van der Waals surface area contributed by atoms with Gasteiger partial charge >= 0.3 is 5.97 Å². The lowest BCUT2D eigenvalue weighted by atomic mass is 10.0. The molecule has 1 N–H and O–H groups in total. The molecular formula is C16H15N5O2. The highest BCUT2D eigenvalue weighted by molar-refractivity contribution is 5.88. The number of carboxylic acid groups (broad SMARTS) is 1. The van der Waals surface area contributed by atoms with Gasteiger partial charge < -0.3 is 10.0 Å². The quantitative estimate of drug-likeness (QED) is 0.777. The molecule has 7 nitrogen and oxygen atoms in total. The number of anilines is 1. The lowest BCUT2D eigenvalue weighted by Gasteiger charge is -2.22. The third-order valence-corrected chi connectivity index (χ3v) is 4.19. The van der Waals surface area contributed by atoms with Crippen LogP contribution < -0.4 is 4.90 Å². The standard InChI is InChI=1S/C16H15N5O2/c22-16(23)12-4-3-11-2-1-6-20(9-13(11)8-12)14-15-19-18-10-21(15)7-5-17-14/h3-5,7-8,10H,1-2,6,9H2,(H,22,23). The van der Waals surface area contributed by atoms with Crippen LogP contribution in [0, 0.1) is 0 Å². The molecule has 3 heterocycles. The lowest BCUT2D eigenvalue weighted by molar-refractivity contribution is 0.0696. The molecule has 0 amide bonds. The number of hydrogen-bond donors (Lipinski definition) is 1. The lowest BCUT2D eigenvalue weighted by Crippen LogP contribution is -2.24. The number of nitrogens with zero attached hydrogens (tertiary/aromatic N) is 5. The van der Waals surface area contributed by atoms with Crippen molar-refractivity contribution in [3.05, 3.63) is 53.6 Å². The average molecular weight is 309 g/mol. The Balaban J connectivity index is 1.75. The van der Waals surface area contributed by atoms with Crippen molar-refractivity contribution in [1.29, 1.82) is 0 Å². The summed E-state index contributed by atoms with van der Waals surface area (Å²) in [5.41, 5.74) is 3.27. The number of rotatable bonds is 2. The number of aromatic nitrogens is 4. The summed E-state index contributed by atoms with van der Waals surface area (Å²) in [5.74, 6) is -0.125. The van der Waals surface area contributed by atoms with E-state index in [0.29, 0.717) is 17.8 Å². The number of fused-ring (bicyclic) bond motifs is 2. The van der Waals surface area contributed by atoms with Gasteiger partial charge in [0.05, 0.1) is 5.56 Å². The fourth-order valence-corrected chi connectivity index (χ4v) is 3.04. The Hall–Kier alpha value is -2.96. The van der Waals surface area contributed by atoms with Crippen LogP contribution in [0.15, 0.2) is 36.9 Å². The van der Waals surface area contributed by atoms with Crippen LogP contribution in [0.5, 0.6) is 0 Å². The van der Waals surface area contributed by atoms with Gasteiger partial charge in [0.25, 0.3) is 0 Å². The van der Waals surface area contributed by atoms with Crippen molar-refractivity contribution in [3.63, 3.8) is 0 Å². The SMILES string of the molecule is O=C(O)c1ccc2c(c1)CN(c1nccn3cnnc13)CCC2. The maximum atomic E-state index is 11.2. The summed E-state index contributed by atoms with van der Waals surface area (Å²) in [4.78, 5) is 17.8. The molecule has 0 fully saturated rings. The summed E-state index contributed by atoms with van der Waals surface area (Å²) in [6.07, 6.45) is 7.10. The van der Waals surface area contributed by atoms with Gasteiger partial charge in [-0.3, -0.25) is 4.40 Å². The van der Waals surface area contributed by atoms with Crippen LogP contribution in [0.4, 0.5) is 5.82 Å². The minimum Gasteiger partial charge on any atom is -0.478 e. The largest absolute Gasteiger partial charge is 0.478 e. The molecule has 0 bridgehead atoms. The molecule has 3 aromatic rings. The van der Waals surface area contributed by atoms with Crippen LogP contribution in [-0.4, -0.2) is 37.2 Å². The third-order valence-electron chi connectivity index (χ3n) is 4.19. The molecule has 0 unspecified atom stereocenters. The maximum absolute atomic E-state index is 11.2. The van der Waals surface area contributed by atoms with Crippen LogP contribution >= 0.6 is 0 Å². The van der Waals surface area contributed by atoms with Crippen LogP contribution in [0.2, 0.25) is 0 Å². The number of benzene rings is 1. The fourth-order valence-electron chi connectivity index (χ4n) is 3.04. The van der Waals surface area contributed by atoms with Gasteiger partial charge in [0.15, 0.2) is 5.82 Å². The van der Waals surface area contributed by atoms with E-state index in [4.69, 9.17) is 0 Å². The first-order valence-corrected chi connectivity index (χ1v) is 7.47. The summed E-state index contributed by atoms with van der Waals surface area (Å²) < 4.78 is 1.84. The van der Waals surface area contributed by atoms with E-state index in [0.717, 1.165) is 30.8 Å². The topological polar surface area (TPSA) is 83.6 Å². The molecule has 0 saturated carbocycles. The zero-order valence-corrected chi connectivity index (χ0v) is 12.4. The van der Waals surface area contributed by atoms with Gasteiger partial charge in [-0.05, 0) is 36.1 Å². The van der Waals surface area contributed by atoms with Gasteiger partial charge in [-0.25, -0.2) is 9.78 Å². The summed E-state index contributed by atoms with van der Waals surface area (Å²) in [6.45, 7) is 1.46. The molecule has 0 atom stereocenters. The summed E-state index contributed by atoms with van der Waals surface area (Å²) in [7, 11) is 0. The van der Waals surface area contributed by atoms with E-state index in [1.165, 1.54) is 5.56 Å². The number of aromatic carboxylic acids is 1. The normalized spacial score (nSPS) is 14.5. The second kappa shape index (κ2) is 5.35. The number of aryl methyl sites for hydroxylation is 1. The van der Waals surface area contributed by atoms with Crippen LogP contribution in [0.1, 0.15) is 27.9 Å². The first kappa shape index (κ1) is 13.7.